The molecule has 0 spiro atoms. The molecule has 4 aliphatic rings. The first-order valence-corrected chi connectivity index (χ1v) is 15.7. The third kappa shape index (κ3) is 6.15. The number of hydrogen-bond donors (Lipinski definition) is 3. The SMILES string of the molecule is COC(=O)c1ccc2c(n1)N(C(=O)Nc1ccon1)[C@H]1CCCN2C1.O=C(O)c1ccc2c(n1)N(C(=O)Nc1ccon1)[C@H]1CCCN2C1. The second-order valence-electron chi connectivity index (χ2n) is 11.7. The van der Waals surface area contributed by atoms with E-state index in [1.54, 1.807) is 23.1 Å². The number of fused-ring (bicyclic) bond motifs is 8. The van der Waals surface area contributed by atoms with Crippen LogP contribution in [0.15, 0.2) is 58.0 Å². The predicted octanol–water partition coefficient (Wildman–Crippen LogP) is 3.67. The Labute approximate surface area is 278 Å². The van der Waals surface area contributed by atoms with Crippen LogP contribution in [0.25, 0.3) is 0 Å². The van der Waals surface area contributed by atoms with Crippen LogP contribution in [0.2, 0.25) is 0 Å². The fourth-order valence-corrected chi connectivity index (χ4v) is 6.60. The van der Waals surface area contributed by atoms with E-state index >= 15 is 0 Å². The number of hydrogen-bond acceptors (Lipinski definition) is 13. The molecule has 3 N–H and O–H groups in total. The average Bonchev–Trinajstić information content (AvgIpc) is 3.83. The number of anilines is 6. The number of urea groups is 2. The topological polar surface area (TPSA) is 213 Å². The van der Waals surface area contributed by atoms with Gasteiger partial charge < -0.3 is 28.7 Å². The molecule has 2 fully saturated rings. The van der Waals surface area contributed by atoms with E-state index in [2.05, 4.69) is 40.7 Å². The molecular weight excluding hydrogens is 640 g/mol. The number of pyridine rings is 2. The van der Waals surface area contributed by atoms with Crippen LogP contribution in [0.5, 0.6) is 0 Å². The Balaban J connectivity index is 0.000000154. The van der Waals surface area contributed by atoms with E-state index in [0.717, 1.165) is 56.7 Å². The summed E-state index contributed by atoms with van der Waals surface area (Å²) in [4.78, 5) is 64.7. The molecule has 2 atom stereocenters. The highest BCUT2D eigenvalue weighted by molar-refractivity contribution is 6.05. The summed E-state index contributed by atoms with van der Waals surface area (Å²) in [6.07, 6.45) is 6.39. The summed E-state index contributed by atoms with van der Waals surface area (Å²) >= 11 is 0. The Bertz CT molecular complexity index is 1870. The van der Waals surface area contributed by atoms with Gasteiger partial charge in [0.2, 0.25) is 0 Å². The number of carbonyl (C=O) groups excluding carboxylic acids is 3. The maximum Gasteiger partial charge on any atom is 0.356 e. The Hall–Kier alpha value is -6.20. The zero-order valence-electron chi connectivity index (χ0n) is 26.3. The van der Waals surface area contributed by atoms with Crippen molar-refractivity contribution in [3.8, 4) is 0 Å². The molecular formula is C31H32N10O8. The smallest absolute Gasteiger partial charge is 0.356 e. The molecule has 4 bridgehead atoms. The van der Waals surface area contributed by atoms with Gasteiger partial charge in [0.05, 0.1) is 30.6 Å². The third-order valence-electron chi connectivity index (χ3n) is 8.77. The monoisotopic (exact) mass is 672 g/mol. The largest absolute Gasteiger partial charge is 0.477 e. The minimum Gasteiger partial charge on any atom is -0.477 e. The number of nitrogens with zero attached hydrogens (tertiary/aromatic N) is 8. The van der Waals surface area contributed by atoms with Gasteiger partial charge in [-0.05, 0) is 49.9 Å². The van der Waals surface area contributed by atoms with Crippen molar-refractivity contribution in [3.05, 3.63) is 60.3 Å². The van der Waals surface area contributed by atoms with E-state index in [1.165, 1.54) is 36.7 Å². The molecule has 18 nitrogen and oxygen atoms in total. The van der Waals surface area contributed by atoms with Gasteiger partial charge >= 0.3 is 24.0 Å². The van der Waals surface area contributed by atoms with Crippen molar-refractivity contribution in [1.82, 2.24) is 20.3 Å². The number of piperidine rings is 2. The minimum absolute atomic E-state index is 0.0199. The van der Waals surface area contributed by atoms with Crippen LogP contribution in [-0.4, -0.2) is 94.8 Å². The number of carbonyl (C=O) groups is 4. The zero-order valence-corrected chi connectivity index (χ0v) is 26.3. The second-order valence-corrected chi connectivity index (χ2v) is 11.7. The third-order valence-corrected chi connectivity index (χ3v) is 8.77. The fraction of sp³-hybridized carbons (Fsp3) is 0.355. The Kier molecular flexibility index (Phi) is 8.41. The number of amides is 4. The van der Waals surface area contributed by atoms with Crippen molar-refractivity contribution < 1.29 is 38.1 Å². The highest BCUT2D eigenvalue weighted by Crippen LogP contribution is 2.39. The van der Waals surface area contributed by atoms with E-state index in [-0.39, 0.29) is 29.5 Å². The molecule has 0 radical (unpaired) electrons. The summed E-state index contributed by atoms with van der Waals surface area (Å²) < 4.78 is 14.2. The van der Waals surface area contributed by atoms with Gasteiger partial charge in [0.15, 0.2) is 34.7 Å². The summed E-state index contributed by atoms with van der Waals surface area (Å²) in [7, 11) is 1.30. The van der Waals surface area contributed by atoms with Gasteiger partial charge in [0, 0.05) is 38.3 Å². The lowest BCUT2D eigenvalue weighted by molar-refractivity contribution is 0.0593. The molecule has 0 aromatic carbocycles. The summed E-state index contributed by atoms with van der Waals surface area (Å²) in [5.41, 5.74) is 1.68. The van der Waals surface area contributed by atoms with Gasteiger partial charge in [0.25, 0.3) is 0 Å². The maximum atomic E-state index is 12.8. The lowest BCUT2D eigenvalue weighted by atomic mass is 10.00. The van der Waals surface area contributed by atoms with Crippen LogP contribution in [0.3, 0.4) is 0 Å². The number of ether oxygens (including phenoxy) is 1. The van der Waals surface area contributed by atoms with E-state index in [4.69, 9.17) is 13.8 Å². The molecule has 4 aromatic heterocycles. The van der Waals surface area contributed by atoms with Gasteiger partial charge in [-0.25, -0.2) is 29.1 Å². The average molecular weight is 673 g/mol. The molecule has 8 heterocycles. The predicted molar refractivity (Wildman–Crippen MR) is 173 cm³/mol. The van der Waals surface area contributed by atoms with Crippen molar-refractivity contribution in [2.24, 2.45) is 0 Å². The van der Waals surface area contributed by atoms with Gasteiger partial charge in [-0.1, -0.05) is 10.3 Å². The molecule has 49 heavy (non-hydrogen) atoms. The first-order valence-electron chi connectivity index (χ1n) is 15.7. The lowest BCUT2D eigenvalue weighted by Crippen LogP contribution is -2.56. The molecule has 4 amide bonds. The van der Waals surface area contributed by atoms with Crippen LogP contribution in [0.1, 0.15) is 46.7 Å². The van der Waals surface area contributed by atoms with Crippen LogP contribution in [0, 0.1) is 0 Å². The number of carboxylic acids is 1. The number of carboxylic acid groups (broad SMARTS) is 1. The molecule has 8 rings (SSSR count). The van der Waals surface area contributed by atoms with Crippen LogP contribution in [0.4, 0.5) is 44.2 Å². The molecule has 0 saturated carbocycles. The van der Waals surface area contributed by atoms with Crippen molar-refractivity contribution in [1.29, 1.82) is 0 Å². The van der Waals surface area contributed by atoms with Crippen molar-refractivity contribution in [3.63, 3.8) is 0 Å². The quantitative estimate of drug-likeness (QED) is 0.264. The number of aromatic carboxylic acids is 1. The molecule has 254 valence electrons. The van der Waals surface area contributed by atoms with E-state index in [0.29, 0.717) is 29.8 Å². The first kappa shape index (κ1) is 31.4. The lowest BCUT2D eigenvalue weighted by Gasteiger charge is -2.45. The van der Waals surface area contributed by atoms with Crippen molar-refractivity contribution in [2.45, 2.75) is 37.8 Å². The molecule has 4 aromatic rings. The normalized spacial score (nSPS) is 18.7. The summed E-state index contributed by atoms with van der Waals surface area (Å²) in [6, 6.07) is 8.88. The van der Waals surface area contributed by atoms with E-state index < -0.39 is 18.0 Å². The number of aromatic nitrogens is 4. The van der Waals surface area contributed by atoms with Crippen LogP contribution >= 0.6 is 0 Å². The first-order chi connectivity index (χ1) is 23.8. The highest BCUT2D eigenvalue weighted by Gasteiger charge is 2.40. The van der Waals surface area contributed by atoms with Gasteiger partial charge in [-0.3, -0.25) is 20.4 Å². The maximum absolute atomic E-state index is 12.8. The van der Waals surface area contributed by atoms with E-state index in [1.807, 2.05) is 6.07 Å². The Morgan fingerprint density at radius 1 is 0.755 bits per heavy atom. The fourth-order valence-electron chi connectivity index (χ4n) is 6.60. The number of rotatable bonds is 4. The van der Waals surface area contributed by atoms with E-state index in [9.17, 15) is 24.3 Å². The Morgan fingerprint density at radius 3 is 1.69 bits per heavy atom. The molecule has 0 unspecified atom stereocenters. The highest BCUT2D eigenvalue weighted by atomic mass is 16.5. The van der Waals surface area contributed by atoms with Crippen molar-refractivity contribution >= 4 is 58.6 Å². The molecule has 4 aliphatic heterocycles. The minimum atomic E-state index is -1.12. The van der Waals surface area contributed by atoms with Crippen molar-refractivity contribution in [2.75, 3.05) is 63.5 Å². The number of nitrogens with one attached hydrogen (secondary N) is 2. The number of methoxy groups -OCH3 is 1. The van der Waals surface area contributed by atoms with Gasteiger partial charge in [-0.15, -0.1) is 0 Å². The second kappa shape index (κ2) is 13.1. The van der Waals surface area contributed by atoms with Crippen LogP contribution in [-0.2, 0) is 4.74 Å². The molecule has 2 saturated heterocycles. The van der Waals surface area contributed by atoms with Crippen LogP contribution < -0.4 is 30.2 Å². The molecule has 18 heteroatoms. The standard InChI is InChI=1S/C16H17N5O4.C15H15N5O4/c1-24-15(22)11-4-5-12-14(17-11)21(10-3-2-7-20(12)9-10)16(23)18-13-6-8-25-19-13;21-14(22)10-3-4-11-13(16-10)20(9-2-1-6-19(11)8-9)15(23)17-12-5-7-24-18-12/h4-6,8,10H,2-3,7,9H2,1H3,(H,18,19,23);3-5,7,9H,1-2,6,8H2,(H,21,22)(H,17,18,23)/t10-;9-/m00/s1. The zero-order chi connectivity index (χ0) is 34.1. The molecule has 0 aliphatic carbocycles. The summed E-state index contributed by atoms with van der Waals surface area (Å²) in [5.74, 6) is -0.208. The summed E-state index contributed by atoms with van der Waals surface area (Å²) in [5, 5.41) is 22.0. The van der Waals surface area contributed by atoms with Gasteiger partial charge in [0.1, 0.15) is 12.5 Å². The summed E-state index contributed by atoms with van der Waals surface area (Å²) in [6.45, 7) is 3.21. The Morgan fingerprint density at radius 2 is 1.24 bits per heavy atom. The number of esters is 1. The van der Waals surface area contributed by atoms with Gasteiger partial charge in [-0.2, -0.15) is 0 Å².